The van der Waals surface area contributed by atoms with Crippen LogP contribution in [0, 0.1) is 13.8 Å². The first kappa shape index (κ1) is 24.4. The highest BCUT2D eigenvalue weighted by molar-refractivity contribution is 5.85. The Morgan fingerprint density at radius 2 is 1.63 bits per heavy atom. The van der Waals surface area contributed by atoms with E-state index in [0.717, 1.165) is 40.4 Å². The lowest BCUT2D eigenvalue weighted by molar-refractivity contribution is -0.154. The Morgan fingerprint density at radius 3 is 2.40 bits per heavy atom. The third-order valence-corrected chi connectivity index (χ3v) is 5.70. The fraction of sp³-hybridized carbons (Fsp3) is 0.276. The van der Waals surface area contributed by atoms with Crippen molar-refractivity contribution in [3.05, 3.63) is 89.5 Å². The molecule has 0 bridgehead atoms. The van der Waals surface area contributed by atoms with Gasteiger partial charge in [0.05, 0.1) is 24.6 Å². The number of hydrogen-bond donors (Lipinski definition) is 0. The summed E-state index contributed by atoms with van der Waals surface area (Å²) in [7, 11) is 1.37. The summed E-state index contributed by atoms with van der Waals surface area (Å²) in [5.41, 5.74) is 4.84. The van der Waals surface area contributed by atoms with E-state index in [1.165, 1.54) is 12.7 Å². The van der Waals surface area contributed by atoms with Crippen LogP contribution in [0.5, 0.6) is 5.88 Å². The molecule has 0 aliphatic rings. The number of nitrogens with zero attached hydrogens (tertiary/aromatic N) is 2. The zero-order valence-electron chi connectivity index (χ0n) is 20.4. The lowest BCUT2D eigenvalue weighted by Gasteiger charge is -2.16. The molecule has 0 saturated heterocycles. The molecule has 1 unspecified atom stereocenters. The molecule has 0 aliphatic carbocycles. The van der Waals surface area contributed by atoms with Gasteiger partial charge in [-0.3, -0.25) is 0 Å². The smallest absolute Gasteiger partial charge is 0.339 e. The predicted molar refractivity (Wildman–Crippen MR) is 136 cm³/mol. The summed E-state index contributed by atoms with van der Waals surface area (Å²) >= 11 is 0. The minimum absolute atomic E-state index is 0.400. The quantitative estimate of drug-likeness (QED) is 0.209. The van der Waals surface area contributed by atoms with E-state index < -0.39 is 12.1 Å². The van der Waals surface area contributed by atoms with Crippen LogP contribution in [0.4, 0.5) is 0 Å². The van der Waals surface area contributed by atoms with Gasteiger partial charge in [-0.25, -0.2) is 9.78 Å². The molecule has 6 heteroatoms. The van der Waals surface area contributed by atoms with Crippen LogP contribution < -0.4 is 4.74 Å². The largest absolute Gasteiger partial charge is 0.477 e. The number of benzene rings is 3. The van der Waals surface area contributed by atoms with Gasteiger partial charge in [0.2, 0.25) is 5.88 Å². The summed E-state index contributed by atoms with van der Waals surface area (Å²) in [4.78, 5) is 21.7. The molecule has 0 N–H and O–H groups in total. The number of aryl methyl sites for hydroxylation is 2. The number of aromatic nitrogens is 2. The summed E-state index contributed by atoms with van der Waals surface area (Å²) in [5.74, 6) is 0.809. The highest BCUT2D eigenvalue weighted by atomic mass is 16.6. The summed E-state index contributed by atoms with van der Waals surface area (Å²) in [5, 5.41) is 0.879. The molecule has 1 heterocycles. The Labute approximate surface area is 205 Å². The van der Waals surface area contributed by atoms with Crippen LogP contribution in [-0.2, 0) is 14.3 Å². The minimum atomic E-state index is -0.733. The third kappa shape index (κ3) is 6.22. The topological polar surface area (TPSA) is 70.5 Å². The van der Waals surface area contributed by atoms with Crippen molar-refractivity contribution >= 4 is 16.9 Å². The fourth-order valence-corrected chi connectivity index (χ4v) is 3.80. The first-order valence-electron chi connectivity index (χ1n) is 11.8. The van der Waals surface area contributed by atoms with Gasteiger partial charge in [-0.05, 0) is 44.4 Å². The molecule has 1 aromatic heterocycles. The standard InChI is InChI=1S/C29H30N2O4/c1-20-13-15-22(16-14-20)27-30-25-12-5-4-11-24(25)28(31-27)35-18-7-6-17-34-26(29(32)33-3)23-10-8-9-21(2)19-23/h4-5,8-16,19,26H,6-7,17-18H2,1-3H3. The SMILES string of the molecule is COC(=O)C(OCCCCOc1nc(-c2ccc(C)cc2)nc2ccccc12)c1cccc(C)c1. The van der Waals surface area contributed by atoms with E-state index >= 15 is 0 Å². The van der Waals surface area contributed by atoms with Gasteiger partial charge >= 0.3 is 5.97 Å². The van der Waals surface area contributed by atoms with Crippen molar-refractivity contribution in [3.8, 4) is 17.3 Å². The van der Waals surface area contributed by atoms with Gasteiger partial charge in [-0.2, -0.15) is 4.98 Å². The fourth-order valence-electron chi connectivity index (χ4n) is 3.80. The molecule has 0 amide bonds. The summed E-state index contributed by atoms with van der Waals surface area (Å²) < 4.78 is 16.9. The molecule has 4 rings (SSSR count). The van der Waals surface area contributed by atoms with Gasteiger partial charge in [0.15, 0.2) is 11.9 Å². The van der Waals surface area contributed by atoms with Crippen molar-refractivity contribution in [2.24, 2.45) is 0 Å². The van der Waals surface area contributed by atoms with Gasteiger partial charge < -0.3 is 14.2 Å². The number of hydrogen-bond acceptors (Lipinski definition) is 6. The van der Waals surface area contributed by atoms with Gasteiger partial charge in [-0.1, -0.05) is 71.8 Å². The second kappa shape index (κ2) is 11.6. The number of esters is 1. The van der Waals surface area contributed by atoms with E-state index in [2.05, 4.69) is 6.92 Å². The van der Waals surface area contributed by atoms with Crippen LogP contribution in [0.25, 0.3) is 22.3 Å². The number of carbonyl (C=O) groups is 1. The van der Waals surface area contributed by atoms with Crippen LogP contribution in [0.2, 0.25) is 0 Å². The second-order valence-electron chi connectivity index (χ2n) is 8.48. The average Bonchev–Trinajstić information content (AvgIpc) is 2.88. The number of para-hydroxylation sites is 1. The molecule has 6 nitrogen and oxygen atoms in total. The molecular formula is C29H30N2O4. The highest BCUT2D eigenvalue weighted by Crippen LogP contribution is 2.27. The molecule has 3 aromatic carbocycles. The number of ether oxygens (including phenoxy) is 3. The number of rotatable bonds is 10. The van der Waals surface area contributed by atoms with E-state index in [1.807, 2.05) is 79.7 Å². The second-order valence-corrected chi connectivity index (χ2v) is 8.48. The lowest BCUT2D eigenvalue weighted by atomic mass is 10.1. The maximum absolute atomic E-state index is 12.2. The van der Waals surface area contributed by atoms with Crippen molar-refractivity contribution in [3.63, 3.8) is 0 Å². The van der Waals surface area contributed by atoms with E-state index in [0.29, 0.717) is 24.9 Å². The van der Waals surface area contributed by atoms with E-state index in [4.69, 9.17) is 24.2 Å². The molecule has 35 heavy (non-hydrogen) atoms. The van der Waals surface area contributed by atoms with E-state index in [-0.39, 0.29) is 0 Å². The van der Waals surface area contributed by atoms with Gasteiger partial charge in [-0.15, -0.1) is 0 Å². The minimum Gasteiger partial charge on any atom is -0.477 e. The van der Waals surface area contributed by atoms with Crippen molar-refractivity contribution in [1.29, 1.82) is 0 Å². The Balaban J connectivity index is 1.37. The maximum atomic E-state index is 12.2. The van der Waals surface area contributed by atoms with Gasteiger partial charge in [0.25, 0.3) is 0 Å². The Kier molecular flexibility index (Phi) is 8.06. The number of unbranched alkanes of at least 4 members (excludes halogenated alkanes) is 1. The van der Waals surface area contributed by atoms with Crippen LogP contribution in [0.15, 0.2) is 72.8 Å². The molecular weight excluding hydrogens is 440 g/mol. The Hall–Kier alpha value is -3.77. The number of fused-ring (bicyclic) bond motifs is 1. The molecule has 0 radical (unpaired) electrons. The molecule has 0 aliphatic heterocycles. The average molecular weight is 471 g/mol. The summed E-state index contributed by atoms with van der Waals surface area (Å²) in [6.07, 6.45) is 0.747. The monoisotopic (exact) mass is 470 g/mol. The van der Waals surface area contributed by atoms with Crippen LogP contribution >= 0.6 is 0 Å². The maximum Gasteiger partial charge on any atom is 0.339 e. The zero-order chi connectivity index (χ0) is 24.6. The number of methoxy groups -OCH3 is 1. The zero-order valence-corrected chi connectivity index (χ0v) is 20.4. The molecule has 0 saturated carbocycles. The first-order valence-corrected chi connectivity index (χ1v) is 11.8. The van der Waals surface area contributed by atoms with Crippen LogP contribution in [0.1, 0.15) is 35.6 Å². The third-order valence-electron chi connectivity index (χ3n) is 5.70. The van der Waals surface area contributed by atoms with Gasteiger partial charge in [0, 0.05) is 12.2 Å². The van der Waals surface area contributed by atoms with Crippen molar-refractivity contribution in [2.45, 2.75) is 32.8 Å². The first-order chi connectivity index (χ1) is 17.0. The van der Waals surface area contributed by atoms with Crippen LogP contribution in [-0.4, -0.2) is 36.3 Å². The predicted octanol–water partition coefficient (Wildman–Crippen LogP) is 6.00. The summed E-state index contributed by atoms with van der Waals surface area (Å²) in [6.45, 7) is 4.93. The normalized spacial score (nSPS) is 11.9. The molecule has 0 spiro atoms. The summed E-state index contributed by atoms with van der Waals surface area (Å²) in [6, 6.07) is 23.7. The Morgan fingerprint density at radius 1 is 0.857 bits per heavy atom. The van der Waals surface area contributed by atoms with Gasteiger partial charge in [0.1, 0.15) is 0 Å². The van der Waals surface area contributed by atoms with Crippen molar-refractivity contribution in [2.75, 3.05) is 20.3 Å². The molecule has 1 atom stereocenters. The molecule has 180 valence electrons. The highest BCUT2D eigenvalue weighted by Gasteiger charge is 2.22. The van der Waals surface area contributed by atoms with E-state index in [1.54, 1.807) is 0 Å². The van der Waals surface area contributed by atoms with Crippen LogP contribution in [0.3, 0.4) is 0 Å². The van der Waals surface area contributed by atoms with Crippen molar-refractivity contribution in [1.82, 2.24) is 9.97 Å². The molecule has 0 fully saturated rings. The molecule has 4 aromatic rings. The Bertz CT molecular complexity index is 1290. The van der Waals surface area contributed by atoms with Crippen molar-refractivity contribution < 1.29 is 19.0 Å². The lowest BCUT2D eigenvalue weighted by Crippen LogP contribution is -2.18. The number of carbonyl (C=O) groups excluding carboxylic acids is 1. The van der Waals surface area contributed by atoms with E-state index in [9.17, 15) is 4.79 Å².